The van der Waals surface area contributed by atoms with Gasteiger partial charge in [-0.05, 0) is 47.6 Å². The van der Waals surface area contributed by atoms with Crippen LogP contribution in [0.15, 0.2) is 71.6 Å². The van der Waals surface area contributed by atoms with Gasteiger partial charge in [0.05, 0.1) is 5.69 Å². The van der Waals surface area contributed by atoms with Gasteiger partial charge in [-0.1, -0.05) is 102 Å². The molecule has 0 atom stereocenters. The lowest BCUT2D eigenvalue weighted by molar-refractivity contribution is 0.364. The molecule has 0 unspecified atom stereocenters. The Balaban J connectivity index is 2.13. The number of aryl methyl sites for hydroxylation is 1. The van der Waals surface area contributed by atoms with Crippen molar-refractivity contribution in [3.8, 4) is 28.5 Å². The predicted molar refractivity (Wildman–Crippen MR) is 137 cm³/mol. The van der Waals surface area contributed by atoms with E-state index in [9.17, 15) is 19.4 Å². The molecule has 0 aliphatic carbocycles. The van der Waals surface area contributed by atoms with Crippen LogP contribution in [0, 0.1) is 6.92 Å². The normalized spacial score (nSPS) is 14.2. The van der Waals surface area contributed by atoms with Crippen LogP contribution in [-0.4, -0.2) is 14.8 Å². The molecule has 9 heteroatoms. The zero-order valence-electron chi connectivity index (χ0n) is 20.6. The summed E-state index contributed by atoms with van der Waals surface area (Å²) >= 11 is 0. The molecule has 1 heterocycles. The zero-order valence-corrected chi connectivity index (χ0v) is 21.5. The first-order chi connectivity index (χ1) is 16.6. The standard InChI is InChI=1S/C27H28F5N3S/c1-17(2)22-14-9-15-23(18(3)4)25(22)35-26(33-34-27(35)24-13-7-6-10-19(24)5)20-11-8-12-21(16-20)36(28,29,30,31)32/h6-18H,1-5H3. The largest absolute Gasteiger partial charge is 0.310 e. The van der Waals surface area contributed by atoms with E-state index in [0.717, 1.165) is 34.0 Å². The van der Waals surface area contributed by atoms with Gasteiger partial charge in [-0.3, -0.25) is 4.57 Å². The van der Waals surface area contributed by atoms with Gasteiger partial charge < -0.3 is 0 Å². The van der Waals surface area contributed by atoms with Gasteiger partial charge in [0.1, 0.15) is 4.90 Å². The summed E-state index contributed by atoms with van der Waals surface area (Å²) in [5.74, 6) is 0.618. The third-order valence-corrected chi connectivity index (χ3v) is 7.30. The molecule has 0 aliphatic heterocycles. The highest BCUT2D eigenvalue weighted by Crippen LogP contribution is 3.02. The SMILES string of the molecule is Cc1ccccc1-c1nnc(-c2cccc(S(F)(F)(F)(F)F)c2)n1-c1c(C(C)C)cccc1C(C)C. The Labute approximate surface area is 207 Å². The van der Waals surface area contributed by atoms with Gasteiger partial charge in [0.2, 0.25) is 0 Å². The van der Waals surface area contributed by atoms with Gasteiger partial charge in [-0.25, -0.2) is 0 Å². The van der Waals surface area contributed by atoms with Crippen molar-refractivity contribution < 1.29 is 19.4 Å². The molecule has 0 spiro atoms. The minimum atomic E-state index is -9.90. The fourth-order valence-electron chi connectivity index (χ4n) is 4.33. The second-order valence-corrected chi connectivity index (χ2v) is 12.0. The Morgan fingerprint density at radius 1 is 0.694 bits per heavy atom. The average molecular weight is 522 g/mol. The van der Waals surface area contributed by atoms with Crippen molar-refractivity contribution in [2.45, 2.75) is 51.3 Å². The van der Waals surface area contributed by atoms with Gasteiger partial charge in [0, 0.05) is 11.1 Å². The summed E-state index contributed by atoms with van der Waals surface area (Å²) in [6, 6.07) is 16.5. The summed E-state index contributed by atoms with van der Waals surface area (Å²) in [6.07, 6.45) is 0. The molecule has 0 amide bonds. The summed E-state index contributed by atoms with van der Waals surface area (Å²) < 4.78 is 70.2. The van der Waals surface area contributed by atoms with Crippen molar-refractivity contribution in [2.24, 2.45) is 0 Å². The maximum absolute atomic E-state index is 13.7. The number of halogens is 5. The summed E-state index contributed by atoms with van der Waals surface area (Å²) in [4.78, 5) is -1.96. The third-order valence-electron chi connectivity index (χ3n) is 6.15. The minimum Gasteiger partial charge on any atom is -0.274 e. The third kappa shape index (κ3) is 4.89. The van der Waals surface area contributed by atoms with Crippen LogP contribution in [0.25, 0.3) is 28.5 Å². The van der Waals surface area contributed by atoms with Gasteiger partial charge in [-0.2, -0.15) is 0 Å². The maximum Gasteiger partial charge on any atom is 0.310 e. The molecule has 36 heavy (non-hydrogen) atoms. The van der Waals surface area contributed by atoms with Crippen LogP contribution >= 0.6 is 10.2 Å². The molecule has 0 N–H and O–H groups in total. The predicted octanol–water partition coefficient (Wildman–Crippen LogP) is 9.81. The number of hydrogen-bond donors (Lipinski definition) is 0. The lowest BCUT2D eigenvalue weighted by Gasteiger charge is -2.40. The molecule has 0 aliphatic rings. The fraction of sp³-hybridized carbons (Fsp3) is 0.259. The molecule has 0 saturated heterocycles. The molecular formula is C27H28F5N3S. The second-order valence-electron chi connectivity index (χ2n) is 9.59. The van der Waals surface area contributed by atoms with E-state index in [0.29, 0.717) is 18.0 Å². The van der Waals surface area contributed by atoms with Crippen LogP contribution in [0.3, 0.4) is 0 Å². The van der Waals surface area contributed by atoms with E-state index in [1.54, 1.807) is 4.57 Å². The van der Waals surface area contributed by atoms with Crippen LogP contribution in [0.2, 0.25) is 0 Å². The highest BCUT2D eigenvalue weighted by atomic mass is 32.5. The van der Waals surface area contributed by atoms with E-state index in [1.165, 1.54) is 6.07 Å². The Morgan fingerprint density at radius 3 is 1.81 bits per heavy atom. The van der Waals surface area contributed by atoms with E-state index in [2.05, 4.69) is 10.2 Å². The first-order valence-corrected chi connectivity index (χ1v) is 13.5. The number of para-hydroxylation sites is 1. The molecule has 1 aromatic heterocycles. The van der Waals surface area contributed by atoms with Crippen molar-refractivity contribution in [3.63, 3.8) is 0 Å². The van der Waals surface area contributed by atoms with E-state index in [-0.39, 0.29) is 23.2 Å². The molecule has 0 fully saturated rings. The van der Waals surface area contributed by atoms with Crippen LogP contribution in [0.4, 0.5) is 19.4 Å². The lowest BCUT2D eigenvalue weighted by Crippen LogP contribution is -2.11. The molecule has 4 aromatic rings. The van der Waals surface area contributed by atoms with Crippen molar-refractivity contribution >= 4 is 10.2 Å². The van der Waals surface area contributed by atoms with Crippen LogP contribution in [-0.2, 0) is 0 Å². The van der Waals surface area contributed by atoms with Gasteiger partial charge >= 0.3 is 10.2 Å². The lowest BCUT2D eigenvalue weighted by atomic mass is 9.92. The highest BCUT2D eigenvalue weighted by molar-refractivity contribution is 8.45. The van der Waals surface area contributed by atoms with E-state index >= 15 is 0 Å². The molecule has 192 valence electrons. The number of aromatic nitrogens is 3. The summed E-state index contributed by atoms with van der Waals surface area (Å²) in [7, 11) is -9.90. The van der Waals surface area contributed by atoms with Gasteiger partial charge in [0.25, 0.3) is 0 Å². The Hall–Kier alpha value is -3.20. The van der Waals surface area contributed by atoms with E-state index in [1.807, 2.05) is 77.1 Å². The Morgan fingerprint density at radius 2 is 1.25 bits per heavy atom. The maximum atomic E-state index is 13.7. The van der Waals surface area contributed by atoms with Crippen molar-refractivity contribution in [3.05, 3.63) is 83.4 Å². The topological polar surface area (TPSA) is 30.7 Å². The Kier molecular flexibility index (Phi) is 5.87. The molecule has 0 bridgehead atoms. The first-order valence-electron chi connectivity index (χ1n) is 11.6. The van der Waals surface area contributed by atoms with E-state index in [4.69, 9.17) is 0 Å². The molecule has 4 rings (SSSR count). The summed E-state index contributed by atoms with van der Waals surface area (Å²) in [6.45, 7) is 10.00. The first kappa shape index (κ1) is 25.9. The molecule has 3 nitrogen and oxygen atoms in total. The van der Waals surface area contributed by atoms with Crippen molar-refractivity contribution in [1.29, 1.82) is 0 Å². The van der Waals surface area contributed by atoms with E-state index < -0.39 is 15.1 Å². The average Bonchev–Trinajstić information content (AvgIpc) is 3.22. The van der Waals surface area contributed by atoms with Crippen molar-refractivity contribution in [2.75, 3.05) is 0 Å². The smallest absolute Gasteiger partial charge is 0.274 e. The number of hydrogen-bond acceptors (Lipinski definition) is 2. The molecule has 3 aromatic carbocycles. The molecule has 0 saturated carbocycles. The van der Waals surface area contributed by atoms with Crippen molar-refractivity contribution in [1.82, 2.24) is 14.8 Å². The zero-order chi connectivity index (χ0) is 26.5. The van der Waals surface area contributed by atoms with Gasteiger partial charge in [-0.15, -0.1) is 10.2 Å². The second kappa shape index (κ2) is 8.16. The monoisotopic (exact) mass is 521 g/mol. The number of rotatable bonds is 6. The van der Waals surface area contributed by atoms with Crippen LogP contribution in [0.1, 0.15) is 56.2 Å². The van der Waals surface area contributed by atoms with Gasteiger partial charge in [0.15, 0.2) is 11.6 Å². The van der Waals surface area contributed by atoms with Crippen LogP contribution in [0.5, 0.6) is 0 Å². The summed E-state index contributed by atoms with van der Waals surface area (Å²) in [5.41, 5.74) is 4.18. The number of nitrogens with zero attached hydrogens (tertiary/aromatic N) is 3. The molecule has 0 radical (unpaired) electrons. The Bertz CT molecular complexity index is 1410. The highest BCUT2D eigenvalue weighted by Gasteiger charge is 2.65. The molecular weight excluding hydrogens is 493 g/mol. The minimum absolute atomic E-state index is 0.0620. The quantitative estimate of drug-likeness (QED) is 0.236. The fourth-order valence-corrected chi connectivity index (χ4v) is 5.01. The summed E-state index contributed by atoms with van der Waals surface area (Å²) in [5, 5.41) is 8.64. The van der Waals surface area contributed by atoms with Crippen LogP contribution < -0.4 is 0 Å². The number of benzene rings is 3.